The summed E-state index contributed by atoms with van der Waals surface area (Å²) in [5, 5.41) is -0.0203. The lowest BCUT2D eigenvalue weighted by molar-refractivity contribution is 0.600. The first-order valence-corrected chi connectivity index (χ1v) is 7.11. The largest absolute Gasteiger partial charge is 0.398 e. The zero-order valence-electron chi connectivity index (χ0n) is 9.51. The number of thioether (sulfide) groups is 1. The Kier molecular flexibility index (Phi) is 4.05. The lowest BCUT2D eigenvalue weighted by Crippen LogP contribution is -2.01. The molecule has 94 valence electrons. The first kappa shape index (κ1) is 12.8. The fourth-order valence-electron chi connectivity index (χ4n) is 2.17. The van der Waals surface area contributed by atoms with E-state index in [1.54, 1.807) is 0 Å². The second kappa shape index (κ2) is 5.36. The fourth-order valence-corrected chi connectivity index (χ4v) is 3.57. The van der Waals surface area contributed by atoms with Crippen molar-refractivity contribution in [1.29, 1.82) is 0 Å². The Hall–Kier alpha value is -0.610. The van der Waals surface area contributed by atoms with Crippen molar-refractivity contribution in [2.24, 2.45) is 5.92 Å². The van der Waals surface area contributed by atoms with Gasteiger partial charge >= 0.3 is 0 Å². The van der Waals surface area contributed by atoms with Crippen LogP contribution >= 0.6 is 23.4 Å². The summed E-state index contributed by atoms with van der Waals surface area (Å²) in [5.41, 5.74) is 11.9. The third kappa shape index (κ3) is 2.80. The first-order valence-electron chi connectivity index (χ1n) is 5.75. The molecule has 0 heterocycles. The minimum absolute atomic E-state index is 0.0203. The molecule has 2 nitrogen and oxygen atoms in total. The van der Waals surface area contributed by atoms with Gasteiger partial charge < -0.3 is 11.5 Å². The molecule has 0 aliphatic heterocycles. The maximum atomic E-state index is 13.9. The average Bonchev–Trinajstić information content (AvgIpc) is 2.79. The summed E-state index contributed by atoms with van der Waals surface area (Å²) in [7, 11) is 0. The molecule has 4 N–H and O–H groups in total. The molecule has 1 aromatic carbocycles. The number of halogens is 2. The second-order valence-electron chi connectivity index (χ2n) is 4.47. The van der Waals surface area contributed by atoms with E-state index < -0.39 is 5.82 Å². The van der Waals surface area contributed by atoms with Crippen LogP contribution in [0.3, 0.4) is 0 Å². The predicted molar refractivity (Wildman–Crippen MR) is 72.9 cm³/mol. The van der Waals surface area contributed by atoms with E-state index in [1.165, 1.54) is 43.5 Å². The van der Waals surface area contributed by atoms with E-state index in [0.717, 1.165) is 5.75 Å². The highest BCUT2D eigenvalue weighted by molar-refractivity contribution is 7.99. The maximum absolute atomic E-state index is 13.9. The molecule has 1 aliphatic carbocycles. The molecule has 0 amide bonds. The summed E-state index contributed by atoms with van der Waals surface area (Å²) < 4.78 is 13.9. The lowest BCUT2D eigenvalue weighted by atomic mass is 10.1. The summed E-state index contributed by atoms with van der Waals surface area (Å²) in [6, 6.07) is 1.53. The Morgan fingerprint density at radius 3 is 2.59 bits per heavy atom. The molecular formula is C12H16ClFN2S. The number of nitrogen functional groups attached to an aromatic ring is 2. The van der Waals surface area contributed by atoms with E-state index in [4.69, 9.17) is 23.1 Å². The quantitative estimate of drug-likeness (QED) is 0.649. The van der Waals surface area contributed by atoms with E-state index in [0.29, 0.717) is 16.5 Å². The van der Waals surface area contributed by atoms with Crippen molar-refractivity contribution in [3.63, 3.8) is 0 Å². The van der Waals surface area contributed by atoms with Crippen LogP contribution < -0.4 is 11.5 Å². The van der Waals surface area contributed by atoms with Crippen LogP contribution in [0.4, 0.5) is 15.8 Å². The fraction of sp³-hybridized carbons (Fsp3) is 0.500. The predicted octanol–water partition coefficient (Wildman–Crippen LogP) is 3.93. The highest BCUT2D eigenvalue weighted by Crippen LogP contribution is 2.38. The van der Waals surface area contributed by atoms with Crippen molar-refractivity contribution in [3.05, 3.63) is 16.9 Å². The van der Waals surface area contributed by atoms with E-state index in [2.05, 4.69) is 0 Å². The molecule has 0 bridgehead atoms. The maximum Gasteiger partial charge on any atom is 0.159 e. The second-order valence-corrected chi connectivity index (χ2v) is 5.88. The van der Waals surface area contributed by atoms with E-state index in [1.807, 2.05) is 0 Å². The summed E-state index contributed by atoms with van der Waals surface area (Å²) in [6.45, 7) is 0. The Labute approximate surface area is 110 Å². The number of hydrogen-bond donors (Lipinski definition) is 2. The van der Waals surface area contributed by atoms with Gasteiger partial charge in [0.2, 0.25) is 0 Å². The van der Waals surface area contributed by atoms with Gasteiger partial charge in [-0.2, -0.15) is 0 Å². The van der Waals surface area contributed by atoms with Crippen LogP contribution in [0.25, 0.3) is 0 Å². The topological polar surface area (TPSA) is 52.0 Å². The van der Waals surface area contributed by atoms with Crippen LogP contribution in [0.15, 0.2) is 11.0 Å². The van der Waals surface area contributed by atoms with Gasteiger partial charge in [0.1, 0.15) is 5.02 Å². The number of benzene rings is 1. The lowest BCUT2D eigenvalue weighted by Gasteiger charge is -2.12. The van der Waals surface area contributed by atoms with E-state index in [9.17, 15) is 4.39 Å². The average molecular weight is 275 g/mol. The standard InChI is InChI=1S/C12H16ClFN2S/c13-10-8(15)5-9(16)12(11(10)14)17-6-7-3-1-2-4-7/h5,7H,1-4,6,15-16H2. The summed E-state index contributed by atoms with van der Waals surface area (Å²) in [5.74, 6) is 1.10. The summed E-state index contributed by atoms with van der Waals surface area (Å²) in [4.78, 5) is 0.441. The molecular weight excluding hydrogens is 259 g/mol. The molecule has 17 heavy (non-hydrogen) atoms. The van der Waals surface area contributed by atoms with Gasteiger partial charge in [0, 0.05) is 5.75 Å². The first-order chi connectivity index (χ1) is 8.09. The smallest absolute Gasteiger partial charge is 0.159 e. The van der Waals surface area contributed by atoms with Gasteiger partial charge in [-0.1, -0.05) is 24.4 Å². The molecule has 0 saturated heterocycles. The van der Waals surface area contributed by atoms with Gasteiger partial charge in [-0.05, 0) is 24.8 Å². The molecule has 2 rings (SSSR count). The molecule has 5 heteroatoms. The van der Waals surface area contributed by atoms with Gasteiger partial charge in [-0.15, -0.1) is 11.8 Å². The number of nitrogens with two attached hydrogens (primary N) is 2. The zero-order chi connectivity index (χ0) is 12.4. The van der Waals surface area contributed by atoms with Gasteiger partial charge in [0.05, 0.1) is 16.3 Å². The molecule has 1 aromatic rings. The normalized spacial score (nSPS) is 16.6. The molecule has 0 radical (unpaired) electrons. The highest BCUT2D eigenvalue weighted by atomic mass is 35.5. The Bertz CT molecular complexity index is 419. The Morgan fingerprint density at radius 2 is 1.94 bits per heavy atom. The van der Waals surface area contributed by atoms with Crippen LogP contribution in [-0.2, 0) is 0 Å². The molecule has 1 fully saturated rings. The van der Waals surface area contributed by atoms with Crippen molar-refractivity contribution in [2.45, 2.75) is 30.6 Å². The monoisotopic (exact) mass is 274 g/mol. The Balaban J connectivity index is 2.12. The number of anilines is 2. The van der Waals surface area contributed by atoms with Crippen molar-refractivity contribution in [1.82, 2.24) is 0 Å². The minimum atomic E-state index is -0.479. The Morgan fingerprint density at radius 1 is 1.29 bits per heavy atom. The van der Waals surface area contributed by atoms with E-state index in [-0.39, 0.29) is 10.7 Å². The molecule has 0 atom stereocenters. The number of hydrogen-bond acceptors (Lipinski definition) is 3. The molecule has 0 spiro atoms. The van der Waals surface area contributed by atoms with Gasteiger partial charge in [-0.3, -0.25) is 0 Å². The molecule has 1 saturated carbocycles. The van der Waals surface area contributed by atoms with E-state index >= 15 is 0 Å². The summed E-state index contributed by atoms with van der Waals surface area (Å²) in [6.07, 6.45) is 5.03. The molecule has 1 aliphatic rings. The summed E-state index contributed by atoms with van der Waals surface area (Å²) >= 11 is 7.24. The van der Waals surface area contributed by atoms with Gasteiger partial charge in [0.25, 0.3) is 0 Å². The van der Waals surface area contributed by atoms with Crippen LogP contribution in [0.1, 0.15) is 25.7 Å². The highest BCUT2D eigenvalue weighted by Gasteiger charge is 2.19. The van der Waals surface area contributed by atoms with Gasteiger partial charge in [0.15, 0.2) is 5.82 Å². The van der Waals surface area contributed by atoms with Crippen molar-refractivity contribution in [2.75, 3.05) is 17.2 Å². The van der Waals surface area contributed by atoms with Gasteiger partial charge in [-0.25, -0.2) is 4.39 Å². The molecule has 0 aromatic heterocycles. The third-order valence-electron chi connectivity index (χ3n) is 3.16. The van der Waals surface area contributed by atoms with Crippen LogP contribution in [0.2, 0.25) is 5.02 Å². The van der Waals surface area contributed by atoms with Crippen LogP contribution in [-0.4, -0.2) is 5.75 Å². The number of rotatable bonds is 3. The molecule has 0 unspecified atom stereocenters. The SMILES string of the molecule is Nc1cc(N)c(SCC2CCCC2)c(F)c1Cl. The van der Waals surface area contributed by atoms with Crippen LogP contribution in [0.5, 0.6) is 0 Å². The van der Waals surface area contributed by atoms with Crippen molar-refractivity contribution < 1.29 is 4.39 Å². The van der Waals surface area contributed by atoms with Crippen molar-refractivity contribution in [3.8, 4) is 0 Å². The zero-order valence-corrected chi connectivity index (χ0v) is 11.1. The minimum Gasteiger partial charge on any atom is -0.398 e. The third-order valence-corrected chi connectivity index (χ3v) is 4.88. The van der Waals surface area contributed by atoms with Crippen molar-refractivity contribution >= 4 is 34.7 Å². The van der Waals surface area contributed by atoms with Crippen LogP contribution in [0, 0.1) is 11.7 Å².